The third kappa shape index (κ3) is 4.09. The van der Waals surface area contributed by atoms with Gasteiger partial charge in [0.1, 0.15) is 0 Å². The maximum absolute atomic E-state index is 9.02. The zero-order valence-corrected chi connectivity index (χ0v) is 11.8. The first-order valence-electron chi connectivity index (χ1n) is 6.31. The van der Waals surface area contributed by atoms with Crippen molar-refractivity contribution in [2.75, 3.05) is 42.1 Å². The third-order valence-electron chi connectivity index (χ3n) is 2.72. The van der Waals surface area contributed by atoms with Crippen LogP contribution in [0.2, 0.25) is 0 Å². The van der Waals surface area contributed by atoms with Crippen LogP contribution in [-0.2, 0) is 0 Å². The molecule has 20 heavy (non-hydrogen) atoms. The Morgan fingerprint density at radius 3 is 2.30 bits per heavy atom. The number of hydrazine groups is 1. The largest absolute Gasteiger partial charge is 0.395 e. The zero-order chi connectivity index (χ0) is 14.2. The van der Waals surface area contributed by atoms with Gasteiger partial charge >= 0.3 is 0 Å². The number of thiazole rings is 1. The Morgan fingerprint density at radius 1 is 1.05 bits per heavy atom. The number of nitrogens with zero attached hydrogens (tertiary/aromatic N) is 2. The second-order valence-corrected chi connectivity index (χ2v) is 4.96. The summed E-state index contributed by atoms with van der Waals surface area (Å²) in [5.74, 6) is 0. The zero-order valence-electron chi connectivity index (χ0n) is 11.0. The Labute approximate surface area is 121 Å². The molecule has 0 amide bonds. The molecule has 108 valence electrons. The van der Waals surface area contributed by atoms with E-state index in [2.05, 4.69) is 15.8 Å². The van der Waals surface area contributed by atoms with Crippen molar-refractivity contribution in [2.45, 2.75) is 0 Å². The van der Waals surface area contributed by atoms with Crippen LogP contribution >= 0.6 is 11.3 Å². The van der Waals surface area contributed by atoms with Crippen molar-refractivity contribution in [1.82, 2.24) is 4.98 Å². The lowest BCUT2D eigenvalue weighted by Crippen LogP contribution is -2.29. The summed E-state index contributed by atoms with van der Waals surface area (Å²) >= 11 is 1.51. The molecule has 0 radical (unpaired) electrons. The van der Waals surface area contributed by atoms with Crippen LogP contribution in [0.4, 0.5) is 16.5 Å². The monoisotopic (exact) mass is 294 g/mol. The van der Waals surface area contributed by atoms with E-state index in [1.165, 1.54) is 11.3 Å². The van der Waals surface area contributed by atoms with Crippen molar-refractivity contribution in [3.63, 3.8) is 0 Å². The standard InChI is InChI=1S/C13H18N4O2S/c18-8-6-17(7-9-19)12-3-1-11(2-4-12)15-16-13-14-5-10-20-13/h1-5,10,15,18-19H,6-9H2,(H,14,16). The fourth-order valence-electron chi connectivity index (χ4n) is 1.78. The van der Waals surface area contributed by atoms with Crippen LogP contribution in [0, 0.1) is 0 Å². The smallest absolute Gasteiger partial charge is 0.201 e. The summed E-state index contributed by atoms with van der Waals surface area (Å²) in [6, 6.07) is 7.74. The lowest BCUT2D eigenvalue weighted by Gasteiger charge is -2.23. The lowest BCUT2D eigenvalue weighted by molar-refractivity contribution is 0.281. The number of rotatable bonds is 8. The van der Waals surface area contributed by atoms with E-state index in [0.717, 1.165) is 16.5 Å². The summed E-state index contributed by atoms with van der Waals surface area (Å²) in [5, 5.41) is 20.7. The number of benzene rings is 1. The molecule has 0 spiro atoms. The Balaban J connectivity index is 1.94. The summed E-state index contributed by atoms with van der Waals surface area (Å²) in [7, 11) is 0. The van der Waals surface area contributed by atoms with Crippen LogP contribution in [0.15, 0.2) is 35.8 Å². The van der Waals surface area contributed by atoms with Gasteiger partial charge in [-0.05, 0) is 24.3 Å². The molecule has 0 aliphatic carbocycles. The highest BCUT2D eigenvalue weighted by atomic mass is 32.1. The number of hydrogen-bond donors (Lipinski definition) is 4. The number of anilines is 3. The molecule has 0 aliphatic rings. The van der Waals surface area contributed by atoms with Crippen LogP contribution < -0.4 is 15.8 Å². The van der Waals surface area contributed by atoms with Gasteiger partial charge in [-0.1, -0.05) is 0 Å². The molecule has 0 saturated carbocycles. The van der Waals surface area contributed by atoms with Gasteiger partial charge in [0.2, 0.25) is 5.13 Å². The highest BCUT2D eigenvalue weighted by Crippen LogP contribution is 2.18. The summed E-state index contributed by atoms with van der Waals surface area (Å²) in [6.07, 6.45) is 1.74. The van der Waals surface area contributed by atoms with E-state index in [1.54, 1.807) is 6.20 Å². The van der Waals surface area contributed by atoms with Gasteiger partial charge in [-0.3, -0.25) is 10.9 Å². The van der Waals surface area contributed by atoms with Crippen molar-refractivity contribution in [3.8, 4) is 0 Å². The van der Waals surface area contributed by atoms with Gasteiger partial charge in [-0.2, -0.15) is 0 Å². The minimum absolute atomic E-state index is 0.0611. The third-order valence-corrected chi connectivity index (χ3v) is 3.41. The maximum atomic E-state index is 9.02. The van der Waals surface area contributed by atoms with Crippen molar-refractivity contribution in [2.24, 2.45) is 0 Å². The average molecular weight is 294 g/mol. The van der Waals surface area contributed by atoms with Crippen LogP contribution in [0.1, 0.15) is 0 Å². The normalized spacial score (nSPS) is 10.3. The number of nitrogens with one attached hydrogen (secondary N) is 2. The maximum Gasteiger partial charge on any atom is 0.201 e. The van der Waals surface area contributed by atoms with Gasteiger partial charge in [0.25, 0.3) is 0 Å². The van der Waals surface area contributed by atoms with E-state index >= 15 is 0 Å². The highest BCUT2D eigenvalue weighted by Gasteiger charge is 2.05. The molecule has 0 unspecified atom stereocenters. The summed E-state index contributed by atoms with van der Waals surface area (Å²) in [5.41, 5.74) is 7.94. The molecule has 1 aromatic heterocycles. The first kappa shape index (κ1) is 14.6. The molecular formula is C13H18N4O2S. The number of hydrogen-bond acceptors (Lipinski definition) is 7. The van der Waals surface area contributed by atoms with Gasteiger partial charge in [0.05, 0.1) is 18.9 Å². The first-order chi connectivity index (χ1) is 9.83. The minimum Gasteiger partial charge on any atom is -0.395 e. The van der Waals surface area contributed by atoms with E-state index < -0.39 is 0 Å². The Bertz CT molecular complexity index is 484. The molecule has 0 aliphatic heterocycles. The quantitative estimate of drug-likeness (QED) is 0.551. The second kappa shape index (κ2) is 7.68. The first-order valence-corrected chi connectivity index (χ1v) is 7.19. The molecule has 2 rings (SSSR count). The number of aromatic nitrogens is 1. The molecule has 1 aromatic carbocycles. The van der Waals surface area contributed by atoms with Gasteiger partial charge in [0, 0.05) is 30.4 Å². The van der Waals surface area contributed by atoms with Gasteiger partial charge in [-0.25, -0.2) is 4.98 Å². The lowest BCUT2D eigenvalue weighted by atomic mass is 10.2. The van der Waals surface area contributed by atoms with Gasteiger partial charge in [0.15, 0.2) is 0 Å². The molecule has 2 aromatic rings. The summed E-state index contributed by atoms with van der Waals surface area (Å²) in [6.45, 7) is 1.13. The predicted octanol–water partition coefficient (Wildman–Crippen LogP) is 1.37. The van der Waals surface area contributed by atoms with Crippen molar-refractivity contribution in [1.29, 1.82) is 0 Å². The Hall–Kier alpha value is -1.83. The van der Waals surface area contributed by atoms with E-state index in [9.17, 15) is 0 Å². The molecular weight excluding hydrogens is 276 g/mol. The number of aliphatic hydroxyl groups is 2. The van der Waals surface area contributed by atoms with Crippen molar-refractivity contribution < 1.29 is 10.2 Å². The van der Waals surface area contributed by atoms with Crippen LogP contribution in [0.3, 0.4) is 0 Å². The van der Waals surface area contributed by atoms with Crippen LogP contribution in [0.25, 0.3) is 0 Å². The van der Waals surface area contributed by atoms with Crippen molar-refractivity contribution in [3.05, 3.63) is 35.8 Å². The van der Waals surface area contributed by atoms with Crippen LogP contribution in [-0.4, -0.2) is 41.5 Å². The van der Waals surface area contributed by atoms with E-state index in [0.29, 0.717) is 13.1 Å². The molecule has 7 heteroatoms. The number of aliphatic hydroxyl groups excluding tert-OH is 2. The summed E-state index contributed by atoms with van der Waals surface area (Å²) < 4.78 is 0. The highest BCUT2D eigenvalue weighted by molar-refractivity contribution is 7.13. The molecule has 0 atom stereocenters. The molecule has 0 saturated heterocycles. The van der Waals surface area contributed by atoms with E-state index in [4.69, 9.17) is 10.2 Å². The Kier molecular flexibility index (Phi) is 5.60. The summed E-state index contributed by atoms with van der Waals surface area (Å²) in [4.78, 5) is 6.04. The van der Waals surface area contributed by atoms with E-state index in [-0.39, 0.29) is 13.2 Å². The average Bonchev–Trinajstić information content (AvgIpc) is 2.99. The van der Waals surface area contributed by atoms with Gasteiger partial charge in [-0.15, -0.1) is 11.3 Å². The molecule has 4 N–H and O–H groups in total. The topological polar surface area (TPSA) is 80.7 Å². The predicted molar refractivity (Wildman–Crippen MR) is 82.2 cm³/mol. The van der Waals surface area contributed by atoms with Crippen LogP contribution in [0.5, 0.6) is 0 Å². The molecule has 6 nitrogen and oxygen atoms in total. The molecule has 1 heterocycles. The SMILES string of the molecule is OCCN(CCO)c1ccc(NNc2nccs2)cc1. The fraction of sp³-hybridized carbons (Fsp3) is 0.308. The van der Waals surface area contributed by atoms with E-state index in [1.807, 2.05) is 34.5 Å². The van der Waals surface area contributed by atoms with Crippen molar-refractivity contribution >= 4 is 27.8 Å². The second-order valence-electron chi connectivity index (χ2n) is 4.07. The minimum atomic E-state index is 0.0611. The molecule has 0 fully saturated rings. The van der Waals surface area contributed by atoms with Gasteiger partial charge < -0.3 is 15.1 Å². The fourth-order valence-corrected chi connectivity index (χ4v) is 2.26. The Morgan fingerprint density at radius 2 is 1.75 bits per heavy atom. The molecule has 0 bridgehead atoms.